The molecule has 1 N–H and O–H groups in total. The molecule has 120 valence electrons. The number of carbonyl (C=O) groups is 1. The summed E-state index contributed by atoms with van der Waals surface area (Å²) in [5.41, 5.74) is 2.32. The van der Waals surface area contributed by atoms with E-state index in [1.54, 1.807) is 30.3 Å². The van der Waals surface area contributed by atoms with Crippen molar-refractivity contribution in [1.29, 1.82) is 0 Å². The highest BCUT2D eigenvalue weighted by molar-refractivity contribution is 7.14. The number of carbonyl (C=O) groups excluding carboxylic acids is 1. The number of rotatable bonds is 4. The zero-order valence-corrected chi connectivity index (χ0v) is 13.9. The Labute approximate surface area is 147 Å². The van der Waals surface area contributed by atoms with Gasteiger partial charge in [-0.25, -0.2) is 9.37 Å². The Balaban J connectivity index is 1.66. The van der Waals surface area contributed by atoms with Crippen LogP contribution in [0.1, 0.15) is 5.56 Å². The van der Waals surface area contributed by atoms with E-state index in [9.17, 15) is 9.18 Å². The number of nitrogens with one attached hydrogen (secondary N) is 1. The maximum atomic E-state index is 12.9. The molecule has 0 unspecified atom stereocenters. The van der Waals surface area contributed by atoms with Gasteiger partial charge in [0.05, 0.1) is 5.69 Å². The van der Waals surface area contributed by atoms with E-state index in [-0.39, 0.29) is 11.7 Å². The van der Waals surface area contributed by atoms with Gasteiger partial charge in [0.1, 0.15) is 5.82 Å². The number of nitrogens with zero attached hydrogens (tertiary/aromatic N) is 1. The molecule has 0 saturated carbocycles. The van der Waals surface area contributed by atoms with E-state index < -0.39 is 0 Å². The molecule has 0 aliphatic carbocycles. The fourth-order valence-electron chi connectivity index (χ4n) is 2.01. The van der Waals surface area contributed by atoms with Gasteiger partial charge in [-0.05, 0) is 48.0 Å². The lowest BCUT2D eigenvalue weighted by Crippen LogP contribution is -2.07. The Hall–Kier alpha value is -2.50. The van der Waals surface area contributed by atoms with Crippen molar-refractivity contribution in [3.8, 4) is 11.3 Å². The van der Waals surface area contributed by atoms with Gasteiger partial charge in [0.15, 0.2) is 5.13 Å². The van der Waals surface area contributed by atoms with E-state index in [1.165, 1.54) is 29.5 Å². The Bertz CT molecular complexity index is 890. The fraction of sp³-hybridized carbons (Fsp3) is 0. The van der Waals surface area contributed by atoms with Crippen LogP contribution in [0.15, 0.2) is 60.0 Å². The smallest absolute Gasteiger partial charge is 0.250 e. The average molecular weight is 359 g/mol. The Morgan fingerprint density at radius 2 is 2.00 bits per heavy atom. The van der Waals surface area contributed by atoms with Crippen molar-refractivity contribution in [2.75, 3.05) is 5.32 Å². The number of anilines is 1. The SMILES string of the molecule is O=C(/C=C/c1cccc(Cl)c1)Nc1nc(-c2ccc(F)cc2)cs1. The van der Waals surface area contributed by atoms with Crippen LogP contribution in [0.25, 0.3) is 17.3 Å². The first kappa shape index (κ1) is 16.4. The molecule has 3 aromatic rings. The van der Waals surface area contributed by atoms with Crippen molar-refractivity contribution in [2.24, 2.45) is 0 Å². The highest BCUT2D eigenvalue weighted by atomic mass is 35.5. The van der Waals surface area contributed by atoms with Gasteiger partial charge in [0.2, 0.25) is 5.91 Å². The molecule has 3 nitrogen and oxygen atoms in total. The van der Waals surface area contributed by atoms with E-state index in [1.807, 2.05) is 17.5 Å². The summed E-state index contributed by atoms with van der Waals surface area (Å²) >= 11 is 7.20. The van der Waals surface area contributed by atoms with Crippen molar-refractivity contribution < 1.29 is 9.18 Å². The lowest BCUT2D eigenvalue weighted by atomic mass is 10.2. The minimum Gasteiger partial charge on any atom is -0.298 e. The quantitative estimate of drug-likeness (QED) is 0.647. The van der Waals surface area contributed by atoms with Crippen molar-refractivity contribution >= 4 is 40.1 Å². The molecule has 0 atom stereocenters. The first-order valence-electron chi connectivity index (χ1n) is 7.06. The second kappa shape index (κ2) is 7.38. The summed E-state index contributed by atoms with van der Waals surface area (Å²) in [6.07, 6.45) is 3.10. The first-order valence-corrected chi connectivity index (χ1v) is 8.32. The van der Waals surface area contributed by atoms with Crippen molar-refractivity contribution in [3.63, 3.8) is 0 Å². The molecule has 3 rings (SSSR count). The monoisotopic (exact) mass is 358 g/mol. The highest BCUT2D eigenvalue weighted by Gasteiger charge is 2.06. The summed E-state index contributed by atoms with van der Waals surface area (Å²) < 4.78 is 12.9. The summed E-state index contributed by atoms with van der Waals surface area (Å²) in [6.45, 7) is 0. The van der Waals surface area contributed by atoms with Crippen LogP contribution in [0.2, 0.25) is 5.02 Å². The van der Waals surface area contributed by atoms with Gasteiger partial charge in [0.25, 0.3) is 0 Å². The standard InChI is InChI=1S/C18H12ClFN2OS/c19-14-3-1-2-12(10-14)4-9-17(23)22-18-21-16(11-24-18)13-5-7-15(20)8-6-13/h1-11H,(H,21,22,23)/b9-4+. The van der Waals surface area contributed by atoms with Gasteiger partial charge in [-0.15, -0.1) is 11.3 Å². The molecule has 0 bridgehead atoms. The van der Waals surface area contributed by atoms with E-state index in [2.05, 4.69) is 10.3 Å². The van der Waals surface area contributed by atoms with Crippen LogP contribution in [0, 0.1) is 5.82 Å². The Morgan fingerprint density at radius 1 is 1.21 bits per heavy atom. The van der Waals surface area contributed by atoms with Crippen LogP contribution in [-0.2, 0) is 4.79 Å². The number of benzene rings is 2. The summed E-state index contributed by atoms with van der Waals surface area (Å²) in [6, 6.07) is 13.2. The Kier molecular flexibility index (Phi) is 5.03. The molecule has 1 heterocycles. The van der Waals surface area contributed by atoms with Gasteiger partial charge in [-0.2, -0.15) is 0 Å². The number of thiazole rings is 1. The summed E-state index contributed by atoms with van der Waals surface area (Å²) in [5, 5.41) is 5.61. The van der Waals surface area contributed by atoms with Crippen LogP contribution in [-0.4, -0.2) is 10.9 Å². The lowest BCUT2D eigenvalue weighted by Gasteiger charge is -1.98. The molecule has 6 heteroatoms. The first-order chi connectivity index (χ1) is 11.6. The van der Waals surface area contributed by atoms with Crippen LogP contribution < -0.4 is 5.32 Å². The molecule has 0 fully saturated rings. The molecule has 24 heavy (non-hydrogen) atoms. The van der Waals surface area contributed by atoms with Gasteiger partial charge in [-0.3, -0.25) is 10.1 Å². The normalized spacial score (nSPS) is 10.9. The molecule has 0 radical (unpaired) electrons. The van der Waals surface area contributed by atoms with E-state index >= 15 is 0 Å². The van der Waals surface area contributed by atoms with Crippen LogP contribution >= 0.6 is 22.9 Å². The third-order valence-electron chi connectivity index (χ3n) is 3.15. The maximum absolute atomic E-state index is 12.9. The molecule has 0 spiro atoms. The van der Waals surface area contributed by atoms with Crippen molar-refractivity contribution in [2.45, 2.75) is 0 Å². The number of halogens is 2. The summed E-state index contributed by atoms with van der Waals surface area (Å²) in [7, 11) is 0. The number of hydrogen-bond acceptors (Lipinski definition) is 3. The maximum Gasteiger partial charge on any atom is 0.250 e. The van der Waals surface area contributed by atoms with Crippen LogP contribution in [0.3, 0.4) is 0 Å². The topological polar surface area (TPSA) is 42.0 Å². The minimum atomic E-state index is -0.298. The fourth-order valence-corrected chi connectivity index (χ4v) is 2.93. The minimum absolute atomic E-state index is 0.282. The third-order valence-corrected chi connectivity index (χ3v) is 4.14. The lowest BCUT2D eigenvalue weighted by molar-refractivity contribution is -0.111. The van der Waals surface area contributed by atoms with Gasteiger partial charge < -0.3 is 0 Å². The van der Waals surface area contributed by atoms with Crippen molar-refractivity contribution in [3.05, 3.63) is 76.4 Å². The van der Waals surface area contributed by atoms with Gasteiger partial charge >= 0.3 is 0 Å². The summed E-state index contributed by atoms with van der Waals surface area (Å²) in [5.74, 6) is -0.580. The molecular formula is C18H12ClFN2OS. The van der Waals surface area contributed by atoms with Gasteiger partial charge in [-0.1, -0.05) is 23.7 Å². The zero-order valence-electron chi connectivity index (χ0n) is 12.4. The molecule has 2 aromatic carbocycles. The summed E-state index contributed by atoms with van der Waals surface area (Å²) in [4.78, 5) is 16.3. The highest BCUT2D eigenvalue weighted by Crippen LogP contribution is 2.25. The Morgan fingerprint density at radius 3 is 2.75 bits per heavy atom. The van der Waals surface area contributed by atoms with Gasteiger partial charge in [0, 0.05) is 22.0 Å². The number of amides is 1. The predicted octanol–water partition coefficient (Wildman–Crippen LogP) is 5.25. The average Bonchev–Trinajstić information content (AvgIpc) is 3.02. The van der Waals surface area contributed by atoms with E-state index in [4.69, 9.17) is 11.6 Å². The van der Waals surface area contributed by atoms with E-state index in [0.717, 1.165) is 11.1 Å². The van der Waals surface area contributed by atoms with Crippen molar-refractivity contribution in [1.82, 2.24) is 4.98 Å². The zero-order chi connectivity index (χ0) is 16.9. The van der Waals surface area contributed by atoms with Crippen LogP contribution in [0.5, 0.6) is 0 Å². The molecule has 1 aromatic heterocycles. The largest absolute Gasteiger partial charge is 0.298 e. The molecule has 0 aliphatic heterocycles. The number of aromatic nitrogens is 1. The second-order valence-corrected chi connectivity index (χ2v) is 6.22. The second-order valence-electron chi connectivity index (χ2n) is 4.92. The molecule has 0 aliphatic rings. The van der Waals surface area contributed by atoms with Crippen LogP contribution in [0.4, 0.5) is 9.52 Å². The molecular weight excluding hydrogens is 347 g/mol. The predicted molar refractivity (Wildman–Crippen MR) is 96.6 cm³/mol. The van der Waals surface area contributed by atoms with E-state index in [0.29, 0.717) is 15.8 Å². The third kappa shape index (κ3) is 4.28. The molecule has 1 amide bonds. The molecule has 0 saturated heterocycles. The number of hydrogen-bond donors (Lipinski definition) is 1.